The first-order valence-electron chi connectivity index (χ1n) is 28.4. The van der Waals surface area contributed by atoms with Crippen LogP contribution in [-0.2, 0) is 33.4 Å². The molecule has 18 heteroatoms. The molecule has 0 aromatic carbocycles. The van der Waals surface area contributed by atoms with Gasteiger partial charge in [0.15, 0.2) is 0 Å². The van der Waals surface area contributed by atoms with Crippen molar-refractivity contribution < 1.29 is 59.4 Å². The first-order chi connectivity index (χ1) is 36.8. The lowest BCUT2D eigenvalue weighted by Crippen LogP contribution is -2.48. The largest absolute Gasteiger partial charge is 0.477 e. The van der Waals surface area contributed by atoms with Crippen molar-refractivity contribution in [2.24, 2.45) is 40.2 Å². The van der Waals surface area contributed by atoms with Crippen LogP contribution in [0.5, 0.6) is 0 Å². The van der Waals surface area contributed by atoms with Gasteiger partial charge in [-0.25, -0.2) is 19.2 Å². The molecule has 80 heavy (non-hydrogen) atoms. The number of carbonyl (C=O) groups excluding carboxylic acids is 5. The minimum atomic E-state index is -1.08. The van der Waals surface area contributed by atoms with Gasteiger partial charge in [0.05, 0.1) is 21.1 Å². The summed E-state index contributed by atoms with van der Waals surface area (Å²) in [5, 5.41) is 22.7. The van der Waals surface area contributed by atoms with Gasteiger partial charge < -0.3 is 45.3 Å². The minimum absolute atomic E-state index is 0. The van der Waals surface area contributed by atoms with Crippen LogP contribution < -0.4 is 20.9 Å². The molecule has 2 atom stereocenters. The van der Waals surface area contributed by atoms with Crippen LogP contribution in [0.4, 0.5) is 16.2 Å². The van der Waals surface area contributed by atoms with Gasteiger partial charge in [0, 0.05) is 36.2 Å². The van der Waals surface area contributed by atoms with E-state index in [1.54, 1.807) is 56.6 Å². The van der Waals surface area contributed by atoms with E-state index < -0.39 is 47.7 Å². The van der Waals surface area contributed by atoms with E-state index in [9.17, 15) is 43.8 Å². The molecule has 0 saturated heterocycles. The number of hydrogen-bond donors (Lipinski definition) is 4. The number of anilines is 2. The molecule has 2 heterocycles. The molecule has 0 spiro atoms. The number of carboxylic acids is 2. The summed E-state index contributed by atoms with van der Waals surface area (Å²) in [6.07, 6.45) is 10.5. The second-order valence-electron chi connectivity index (χ2n) is 25.5. The molecule has 0 aliphatic heterocycles. The van der Waals surface area contributed by atoms with Gasteiger partial charge in [-0.2, -0.15) is 0 Å². The number of thiophene rings is 2. The maximum atomic E-state index is 14.1. The SMILES string of the molecule is C.CC1CCC(C(=O)N(c2cc(C#CC(C)(C)C)sc2C(=O)O)C2CCC(OC(=O)[C@@H](C)N)CC2)CC1.CC1CCC(C(=O)N(c2cc(C#CC(C)(C)C)sc2C(=O)O)C2CCC(OC(=O)[C@@H](C)NC(=O)OC(C)(C)C)CC2)CC1.[HH]. The maximum absolute atomic E-state index is 14.1. The average molecular weight is 1150 g/mol. The summed E-state index contributed by atoms with van der Waals surface area (Å²) >= 11 is 2.23. The Balaban J connectivity index is 0.000000421. The van der Waals surface area contributed by atoms with Crippen LogP contribution in [0.15, 0.2) is 12.1 Å². The Morgan fingerprint density at radius 2 is 0.950 bits per heavy atom. The number of rotatable bonds is 13. The molecular formula is C62H94N4O12S2. The third kappa shape index (κ3) is 20.2. The zero-order chi connectivity index (χ0) is 58.7. The van der Waals surface area contributed by atoms with Crippen LogP contribution in [-0.4, -0.2) is 94.0 Å². The van der Waals surface area contributed by atoms with Crippen LogP contribution in [0.3, 0.4) is 0 Å². The fourth-order valence-corrected chi connectivity index (χ4v) is 12.1. The lowest BCUT2D eigenvalue weighted by atomic mass is 9.81. The molecule has 3 amide bonds. The summed E-state index contributed by atoms with van der Waals surface area (Å²) in [5.74, 6) is 10.4. The van der Waals surface area contributed by atoms with Gasteiger partial charge in [-0.15, -0.1) is 22.7 Å². The molecule has 446 valence electrons. The standard InChI is InChI=1S/C33H48N2O7S.C28H40N2O5S.CH4.H2/c1-20-9-11-22(12-10-20)28(36)35(26-19-25(17-18-32(3,4)5)43-27(26)29(37)38)23-13-15-24(16-14-23)41-30(39)21(2)34-31(40)42-33(6,7)8;1-17-6-8-19(9-7-17)25(31)30(20-10-12-21(13-11-20)35-27(34)18(2)29)23-16-22(14-15-28(3,4)5)36-24(23)26(32)33;;/h19-24H,9-16H2,1-8H3,(H,34,40)(H,37,38);16-21H,6-13,29H2,1-5H3,(H,32,33);1H4;1H/t20?,21-,22?,23?,24?;17?,18-,19?,20?,21?;;/m11../s1. The van der Waals surface area contributed by atoms with Gasteiger partial charge in [0.2, 0.25) is 11.8 Å². The van der Waals surface area contributed by atoms with E-state index in [-0.39, 0.29) is 77.4 Å². The van der Waals surface area contributed by atoms with Crippen molar-refractivity contribution in [2.45, 2.75) is 242 Å². The summed E-state index contributed by atoms with van der Waals surface area (Å²) in [5.41, 5.74) is 5.34. The number of esters is 2. The summed E-state index contributed by atoms with van der Waals surface area (Å²) in [4.78, 5) is 94.5. The molecule has 16 nitrogen and oxygen atoms in total. The van der Waals surface area contributed by atoms with Gasteiger partial charge in [-0.1, -0.05) is 45.0 Å². The third-order valence-corrected chi connectivity index (χ3v) is 16.8. The Morgan fingerprint density at radius 3 is 1.26 bits per heavy atom. The van der Waals surface area contributed by atoms with E-state index in [0.29, 0.717) is 84.3 Å². The second kappa shape index (κ2) is 29.0. The van der Waals surface area contributed by atoms with Gasteiger partial charge in [-0.3, -0.25) is 14.4 Å². The predicted octanol–water partition coefficient (Wildman–Crippen LogP) is 12.9. The number of alkyl carbamates (subject to hydrolysis) is 1. The van der Waals surface area contributed by atoms with E-state index in [0.717, 1.165) is 74.0 Å². The van der Waals surface area contributed by atoms with Crippen molar-refractivity contribution in [1.29, 1.82) is 0 Å². The molecule has 2 aromatic heterocycles. The smallest absolute Gasteiger partial charge is 0.408 e. The molecule has 4 saturated carbocycles. The maximum Gasteiger partial charge on any atom is 0.408 e. The van der Waals surface area contributed by atoms with Crippen LogP contribution in [0, 0.1) is 58.2 Å². The summed E-state index contributed by atoms with van der Waals surface area (Å²) in [7, 11) is 0. The number of amides is 3. The zero-order valence-corrected chi connectivity index (χ0v) is 50.6. The highest BCUT2D eigenvalue weighted by molar-refractivity contribution is 7.15. The van der Waals surface area contributed by atoms with Crippen molar-refractivity contribution >= 4 is 75.8 Å². The molecule has 5 N–H and O–H groups in total. The Bertz CT molecular complexity index is 2610. The normalized spacial score (nSPS) is 23.9. The first kappa shape index (κ1) is 67.1. The van der Waals surface area contributed by atoms with Crippen LogP contribution in [0.2, 0.25) is 0 Å². The fraction of sp³-hybridized carbons (Fsp3) is 0.694. The third-order valence-electron chi connectivity index (χ3n) is 14.7. The second-order valence-corrected chi connectivity index (χ2v) is 27.6. The molecule has 4 fully saturated rings. The van der Waals surface area contributed by atoms with Gasteiger partial charge >= 0.3 is 30.0 Å². The number of carbonyl (C=O) groups is 7. The highest BCUT2D eigenvalue weighted by Crippen LogP contribution is 2.41. The Hall–Kier alpha value is -5.43. The van der Waals surface area contributed by atoms with Crippen molar-refractivity contribution in [3.8, 4) is 23.7 Å². The van der Waals surface area contributed by atoms with Crippen molar-refractivity contribution in [3.63, 3.8) is 0 Å². The monoisotopic (exact) mass is 1150 g/mol. The molecule has 4 aliphatic rings. The number of aromatic carboxylic acids is 2. The van der Waals surface area contributed by atoms with Gasteiger partial charge in [-0.05, 0) is 203 Å². The Labute approximate surface area is 485 Å². The summed E-state index contributed by atoms with van der Waals surface area (Å²) < 4.78 is 16.5. The molecule has 0 unspecified atom stereocenters. The van der Waals surface area contributed by atoms with Gasteiger partial charge in [0.1, 0.15) is 39.6 Å². The molecular weight excluding hydrogens is 1060 g/mol. The molecule has 0 bridgehead atoms. The number of carboxylic acid groups (broad SMARTS) is 2. The Kier molecular flexibility index (Phi) is 24.3. The van der Waals surface area contributed by atoms with E-state index in [1.165, 1.54) is 0 Å². The fourth-order valence-electron chi connectivity index (χ4n) is 10.4. The minimum Gasteiger partial charge on any atom is -0.477 e. The number of ether oxygens (including phenoxy) is 3. The Morgan fingerprint density at radius 1 is 0.600 bits per heavy atom. The molecule has 0 radical (unpaired) electrons. The number of nitrogens with two attached hydrogens (primary N) is 1. The zero-order valence-electron chi connectivity index (χ0n) is 49.0. The lowest BCUT2D eigenvalue weighted by molar-refractivity contribution is -0.153. The van der Waals surface area contributed by atoms with E-state index in [1.807, 2.05) is 41.5 Å². The quantitative estimate of drug-likeness (QED) is 0.0831. The van der Waals surface area contributed by atoms with Crippen molar-refractivity contribution in [3.05, 3.63) is 31.6 Å². The van der Waals surface area contributed by atoms with E-state index in [4.69, 9.17) is 19.9 Å². The molecule has 2 aromatic rings. The van der Waals surface area contributed by atoms with Crippen LogP contribution in [0.25, 0.3) is 0 Å². The predicted molar refractivity (Wildman–Crippen MR) is 318 cm³/mol. The van der Waals surface area contributed by atoms with Crippen LogP contribution in [0.1, 0.15) is 231 Å². The topological polar surface area (TPSA) is 232 Å². The van der Waals surface area contributed by atoms with Crippen molar-refractivity contribution in [2.75, 3.05) is 9.80 Å². The van der Waals surface area contributed by atoms with E-state index in [2.05, 4.69) is 42.8 Å². The highest BCUT2D eigenvalue weighted by atomic mass is 32.1. The average Bonchev–Trinajstić information content (AvgIpc) is 3.99. The van der Waals surface area contributed by atoms with Crippen molar-refractivity contribution in [1.82, 2.24) is 5.32 Å². The highest BCUT2D eigenvalue weighted by Gasteiger charge is 2.41. The number of nitrogens with one attached hydrogen (secondary N) is 1. The number of hydrogen-bond acceptors (Lipinski definition) is 13. The lowest BCUT2D eigenvalue weighted by Gasteiger charge is -2.39. The van der Waals surface area contributed by atoms with Gasteiger partial charge in [0.25, 0.3) is 0 Å². The molecule has 6 rings (SSSR count). The molecule has 4 aliphatic carbocycles. The van der Waals surface area contributed by atoms with Crippen LogP contribution >= 0.6 is 22.7 Å². The number of nitrogens with zero attached hydrogens (tertiary/aromatic N) is 2. The summed E-state index contributed by atoms with van der Waals surface area (Å²) in [6, 6.07) is 1.60. The van der Waals surface area contributed by atoms with E-state index >= 15 is 0 Å². The first-order valence-corrected chi connectivity index (χ1v) is 30.0. The summed E-state index contributed by atoms with van der Waals surface area (Å²) in [6.45, 7) is 24.8.